The second-order valence-corrected chi connectivity index (χ2v) is 10.5. The summed E-state index contributed by atoms with van der Waals surface area (Å²) in [4.78, 5) is 60.9. The molecule has 3 N–H and O–H groups in total. The van der Waals surface area contributed by atoms with Crippen molar-refractivity contribution in [2.75, 3.05) is 11.5 Å². The Hall–Kier alpha value is -3.46. The third-order valence-corrected chi connectivity index (χ3v) is 8.12. The van der Waals surface area contributed by atoms with Crippen LogP contribution in [-0.4, -0.2) is 71.8 Å². The number of rotatable bonds is 10. The van der Waals surface area contributed by atoms with Gasteiger partial charge in [-0.2, -0.15) is 11.8 Å². The summed E-state index contributed by atoms with van der Waals surface area (Å²) in [6.45, 7) is 0. The summed E-state index contributed by atoms with van der Waals surface area (Å²) in [7, 11) is 0. The lowest BCUT2D eigenvalue weighted by Gasteiger charge is -2.26. The van der Waals surface area contributed by atoms with E-state index < -0.39 is 56.2 Å². The van der Waals surface area contributed by atoms with Crippen LogP contribution in [0.2, 0.25) is 0 Å². The van der Waals surface area contributed by atoms with Crippen molar-refractivity contribution < 1.29 is 34.4 Å². The minimum Gasteiger partial charge on any atom is -0.480 e. The number of benzene rings is 1. The zero-order valence-corrected chi connectivity index (χ0v) is 20.3. The molecular weight excluding hydrogens is 516 g/mol. The van der Waals surface area contributed by atoms with Crippen LogP contribution in [0.4, 0.5) is 11.4 Å². The Balaban J connectivity index is 1.80. The summed E-state index contributed by atoms with van der Waals surface area (Å²) in [5, 5.41) is 43.1. The average molecular weight is 539 g/mol. The minimum absolute atomic E-state index is 0.0364. The highest BCUT2D eigenvalue weighted by Crippen LogP contribution is 2.31. The van der Waals surface area contributed by atoms with Crippen molar-refractivity contribution in [3.05, 3.63) is 55.6 Å². The molecule has 1 aromatic carbocycles. The van der Waals surface area contributed by atoms with Crippen LogP contribution in [0.5, 0.6) is 0 Å². The monoisotopic (exact) mass is 538 g/mol. The fraction of sp³-hybridized carbons (Fsp3) is 0.429. The van der Waals surface area contributed by atoms with Gasteiger partial charge in [-0.1, -0.05) is 6.08 Å². The highest BCUT2D eigenvalue weighted by atomic mass is 32.2. The third kappa shape index (κ3) is 6.81. The van der Waals surface area contributed by atoms with Crippen molar-refractivity contribution >= 4 is 58.5 Å². The van der Waals surface area contributed by atoms with Crippen LogP contribution < -0.4 is 5.32 Å². The lowest BCUT2D eigenvalue weighted by Crippen LogP contribution is -2.49. The van der Waals surface area contributed by atoms with E-state index in [0.717, 1.165) is 42.5 Å². The van der Waals surface area contributed by atoms with Crippen LogP contribution in [0.15, 0.2) is 34.8 Å². The molecule has 1 fully saturated rings. The first kappa shape index (κ1) is 27.1. The van der Waals surface area contributed by atoms with E-state index in [-0.39, 0.29) is 35.0 Å². The number of nitro groups is 2. The molecule has 0 bridgehead atoms. The van der Waals surface area contributed by atoms with Gasteiger partial charge in [0.1, 0.15) is 11.1 Å². The van der Waals surface area contributed by atoms with Gasteiger partial charge in [0, 0.05) is 29.1 Å². The van der Waals surface area contributed by atoms with Gasteiger partial charge in [-0.25, -0.2) is 9.59 Å². The zero-order chi connectivity index (χ0) is 26.4. The number of aliphatic imine (C=N–C) groups is 1. The smallest absolute Gasteiger partial charge is 0.354 e. The fourth-order valence-electron chi connectivity index (χ4n) is 3.75. The van der Waals surface area contributed by atoms with Gasteiger partial charge in [0.25, 0.3) is 11.4 Å². The lowest BCUT2D eigenvalue weighted by atomic mass is 10.0. The molecule has 0 radical (unpaired) electrons. The lowest BCUT2D eigenvalue weighted by molar-refractivity contribution is -0.394. The van der Waals surface area contributed by atoms with Crippen LogP contribution in [-0.2, 0) is 20.8 Å². The van der Waals surface area contributed by atoms with Gasteiger partial charge in [0.2, 0.25) is 5.91 Å². The number of carboxylic acids is 2. The molecule has 0 spiro atoms. The summed E-state index contributed by atoms with van der Waals surface area (Å²) in [6, 6.07) is 1.74. The molecule has 15 heteroatoms. The van der Waals surface area contributed by atoms with Gasteiger partial charge < -0.3 is 15.5 Å². The number of non-ortho nitro benzene ring substituents is 1. The van der Waals surface area contributed by atoms with E-state index in [1.165, 1.54) is 12.1 Å². The number of carbonyl (C=O) groups is 3. The van der Waals surface area contributed by atoms with Crippen molar-refractivity contribution in [3.8, 4) is 0 Å². The molecule has 1 amide bonds. The SMILES string of the molecule is O=C(CC1CCCS1)N[C@H](C(=O)O)[C@@H]1N=C(C(=O)O)/C(=C/Cc2ccc([N+](=O)[O-])cc2[N+](=O)[O-])CS1. The van der Waals surface area contributed by atoms with Gasteiger partial charge in [-0.3, -0.25) is 30.0 Å². The van der Waals surface area contributed by atoms with Crippen LogP contribution in [0.3, 0.4) is 0 Å². The summed E-state index contributed by atoms with van der Waals surface area (Å²) in [5.41, 5.74) is -0.986. The number of nitrogens with zero attached hydrogens (tertiary/aromatic N) is 3. The summed E-state index contributed by atoms with van der Waals surface area (Å²) in [5.74, 6) is -2.22. The second kappa shape index (κ2) is 12.0. The fourth-order valence-corrected chi connectivity index (χ4v) is 6.18. The topological polar surface area (TPSA) is 202 Å². The number of hydrogen-bond acceptors (Lipinski definition) is 10. The number of amides is 1. The van der Waals surface area contributed by atoms with Gasteiger partial charge in [0.05, 0.1) is 15.9 Å². The number of carbonyl (C=O) groups excluding carboxylic acids is 1. The first-order valence-corrected chi connectivity index (χ1v) is 12.8. The molecule has 36 heavy (non-hydrogen) atoms. The van der Waals surface area contributed by atoms with Crippen LogP contribution >= 0.6 is 23.5 Å². The Labute approximate surface area is 212 Å². The Morgan fingerprint density at radius 1 is 1.19 bits per heavy atom. The van der Waals surface area contributed by atoms with Crippen molar-refractivity contribution in [1.29, 1.82) is 0 Å². The molecule has 192 valence electrons. The van der Waals surface area contributed by atoms with E-state index in [2.05, 4.69) is 10.3 Å². The minimum atomic E-state index is -1.43. The van der Waals surface area contributed by atoms with Crippen molar-refractivity contribution in [2.45, 2.75) is 42.3 Å². The maximum Gasteiger partial charge on any atom is 0.354 e. The molecule has 0 aromatic heterocycles. The predicted octanol–water partition coefficient (Wildman–Crippen LogP) is 2.43. The maximum absolute atomic E-state index is 12.4. The van der Waals surface area contributed by atoms with Gasteiger partial charge in [-0.15, -0.1) is 11.8 Å². The Morgan fingerprint density at radius 3 is 2.53 bits per heavy atom. The predicted molar refractivity (Wildman–Crippen MR) is 133 cm³/mol. The van der Waals surface area contributed by atoms with E-state index >= 15 is 0 Å². The van der Waals surface area contributed by atoms with E-state index in [4.69, 9.17) is 0 Å². The number of hydrogen-bond donors (Lipinski definition) is 3. The molecule has 3 atom stereocenters. The van der Waals surface area contributed by atoms with Crippen molar-refractivity contribution in [2.24, 2.45) is 4.99 Å². The van der Waals surface area contributed by atoms with E-state index in [0.29, 0.717) is 0 Å². The molecule has 0 saturated carbocycles. The number of allylic oxidation sites excluding steroid dienone is 1. The molecule has 1 unspecified atom stereocenters. The highest BCUT2D eigenvalue weighted by Gasteiger charge is 2.35. The van der Waals surface area contributed by atoms with Crippen LogP contribution in [0.25, 0.3) is 0 Å². The molecule has 3 rings (SSSR count). The molecule has 2 heterocycles. The molecule has 0 aliphatic carbocycles. The normalized spacial score (nSPS) is 21.4. The number of nitrogens with one attached hydrogen (secondary N) is 1. The third-order valence-electron chi connectivity index (χ3n) is 5.52. The molecule has 1 aromatic rings. The Bertz CT molecular complexity index is 1150. The van der Waals surface area contributed by atoms with E-state index in [1.807, 2.05) is 0 Å². The standard InChI is InChI=1S/C21H22N4O9S2/c26-16(9-14-2-1-7-35-14)22-18(21(29)30)19-23-17(20(27)28)12(10-36-19)4-3-11-5-6-13(24(31)32)8-15(11)25(33)34/h4-6,8,14,18-19H,1-3,7,9-10H2,(H,22,26)(H,27,28)(H,29,30)/b12-4+/t14?,18-,19+/m0/s1. The first-order chi connectivity index (χ1) is 17.1. The first-order valence-electron chi connectivity index (χ1n) is 10.7. The number of aliphatic carboxylic acids is 2. The van der Waals surface area contributed by atoms with Crippen LogP contribution in [0, 0.1) is 20.2 Å². The quantitative estimate of drug-likeness (QED) is 0.291. The number of carboxylic acid groups (broad SMARTS) is 2. The molecule has 13 nitrogen and oxygen atoms in total. The van der Waals surface area contributed by atoms with Crippen molar-refractivity contribution in [3.63, 3.8) is 0 Å². The largest absolute Gasteiger partial charge is 0.480 e. The summed E-state index contributed by atoms with van der Waals surface area (Å²) >= 11 is 2.68. The molecule has 2 aliphatic heterocycles. The Morgan fingerprint density at radius 2 is 1.94 bits per heavy atom. The van der Waals surface area contributed by atoms with Crippen LogP contribution in [0.1, 0.15) is 24.8 Å². The number of nitro benzene ring substituents is 2. The molecular formula is C21H22N4O9S2. The highest BCUT2D eigenvalue weighted by molar-refractivity contribution is 8.00. The van der Waals surface area contributed by atoms with Gasteiger partial charge in [0.15, 0.2) is 6.04 Å². The summed E-state index contributed by atoms with van der Waals surface area (Å²) in [6.07, 6.45) is 3.35. The Kier molecular flexibility index (Phi) is 9.03. The number of thioether (sulfide) groups is 2. The zero-order valence-electron chi connectivity index (χ0n) is 18.7. The maximum atomic E-state index is 12.4. The summed E-state index contributed by atoms with van der Waals surface area (Å²) < 4.78 is 0. The van der Waals surface area contributed by atoms with E-state index in [1.54, 1.807) is 11.8 Å². The molecule has 1 saturated heterocycles. The van der Waals surface area contributed by atoms with E-state index in [9.17, 15) is 44.8 Å². The second-order valence-electron chi connectivity index (χ2n) is 7.97. The van der Waals surface area contributed by atoms with Gasteiger partial charge in [-0.05, 0) is 36.7 Å². The molecule has 2 aliphatic rings. The van der Waals surface area contributed by atoms with Crippen molar-refractivity contribution in [1.82, 2.24) is 5.32 Å². The van der Waals surface area contributed by atoms with Gasteiger partial charge >= 0.3 is 11.9 Å². The average Bonchev–Trinajstić information content (AvgIpc) is 3.33.